The van der Waals surface area contributed by atoms with Crippen LogP contribution in [0.2, 0.25) is 0 Å². The van der Waals surface area contributed by atoms with Crippen molar-refractivity contribution in [1.29, 1.82) is 0 Å². The number of carbonyl (C=O) groups is 2. The van der Waals surface area contributed by atoms with Crippen LogP contribution < -0.4 is 5.32 Å². The topological polar surface area (TPSA) is 66.7 Å². The molecule has 6 heteroatoms. The zero-order chi connectivity index (χ0) is 19.9. The Hall–Kier alpha value is -3.15. The first-order chi connectivity index (χ1) is 13.7. The molecule has 2 heterocycles. The lowest BCUT2D eigenvalue weighted by atomic mass is 10.2. The minimum atomic E-state index is -0.304. The van der Waals surface area contributed by atoms with Gasteiger partial charge in [-0.3, -0.25) is 14.0 Å². The van der Waals surface area contributed by atoms with Crippen molar-refractivity contribution in [3.05, 3.63) is 71.8 Å². The average molecular weight is 378 g/mol. The first kappa shape index (κ1) is 19.6. The smallest absolute Gasteiger partial charge is 0.287 e. The molecular formula is C22H26N4O2. The van der Waals surface area contributed by atoms with Crippen molar-refractivity contribution in [2.45, 2.75) is 33.2 Å². The van der Waals surface area contributed by atoms with Gasteiger partial charge in [-0.2, -0.15) is 0 Å². The quantitative estimate of drug-likeness (QED) is 0.652. The third-order valence-corrected chi connectivity index (χ3v) is 4.52. The normalized spacial score (nSPS) is 10.8. The molecule has 0 fully saturated rings. The summed E-state index contributed by atoms with van der Waals surface area (Å²) < 4.78 is 1.68. The van der Waals surface area contributed by atoms with Gasteiger partial charge >= 0.3 is 0 Å². The Labute approximate surface area is 165 Å². The van der Waals surface area contributed by atoms with Crippen LogP contribution >= 0.6 is 0 Å². The standard InChI is InChI=1S/C22H26N4O2/c1-3-13-25(14-4-2)22(28)19-18-12-8-9-15-26(18)20(24-19)21(27)23-16-17-10-6-5-7-11-17/h5-12,15H,3-4,13-14,16H2,1-2H3,(H,23,27). The lowest BCUT2D eigenvalue weighted by molar-refractivity contribution is 0.0752. The van der Waals surface area contributed by atoms with Crippen LogP contribution in [0.3, 0.4) is 0 Å². The minimum Gasteiger partial charge on any atom is -0.345 e. The Bertz CT molecular complexity index is 944. The maximum atomic E-state index is 13.1. The molecule has 1 N–H and O–H groups in total. The number of benzene rings is 1. The largest absolute Gasteiger partial charge is 0.345 e. The highest BCUT2D eigenvalue weighted by Gasteiger charge is 2.24. The number of nitrogens with zero attached hydrogens (tertiary/aromatic N) is 3. The highest BCUT2D eigenvalue weighted by Crippen LogP contribution is 2.16. The second-order valence-corrected chi connectivity index (χ2v) is 6.70. The Morgan fingerprint density at radius 3 is 2.36 bits per heavy atom. The molecule has 0 bridgehead atoms. The molecule has 2 aromatic heterocycles. The fourth-order valence-corrected chi connectivity index (χ4v) is 3.22. The van der Waals surface area contributed by atoms with E-state index >= 15 is 0 Å². The van der Waals surface area contributed by atoms with E-state index in [9.17, 15) is 9.59 Å². The lowest BCUT2D eigenvalue weighted by Gasteiger charge is -2.20. The number of aromatic nitrogens is 2. The summed E-state index contributed by atoms with van der Waals surface area (Å²) in [5.74, 6) is -0.209. The summed E-state index contributed by atoms with van der Waals surface area (Å²) in [6.45, 7) is 5.85. The van der Waals surface area contributed by atoms with Gasteiger partial charge in [0.25, 0.3) is 11.8 Å². The molecule has 146 valence electrons. The first-order valence-electron chi connectivity index (χ1n) is 9.74. The molecule has 0 radical (unpaired) electrons. The molecule has 3 rings (SSSR count). The molecule has 0 saturated heterocycles. The molecular weight excluding hydrogens is 352 g/mol. The molecule has 0 atom stereocenters. The number of fused-ring (bicyclic) bond motifs is 1. The number of amides is 2. The Balaban J connectivity index is 1.89. The Kier molecular flexibility index (Phi) is 6.42. The van der Waals surface area contributed by atoms with Gasteiger partial charge in [0.2, 0.25) is 5.82 Å². The zero-order valence-electron chi connectivity index (χ0n) is 16.4. The second kappa shape index (κ2) is 9.17. The van der Waals surface area contributed by atoms with Crippen molar-refractivity contribution in [2.75, 3.05) is 13.1 Å². The minimum absolute atomic E-state index is 0.130. The molecule has 2 amide bonds. The molecule has 3 aromatic rings. The molecule has 0 saturated carbocycles. The third-order valence-electron chi connectivity index (χ3n) is 4.52. The van der Waals surface area contributed by atoms with Crippen LogP contribution in [-0.2, 0) is 6.54 Å². The second-order valence-electron chi connectivity index (χ2n) is 6.70. The van der Waals surface area contributed by atoms with Crippen LogP contribution in [0.1, 0.15) is 53.4 Å². The van der Waals surface area contributed by atoms with Crippen molar-refractivity contribution in [3.63, 3.8) is 0 Å². The monoisotopic (exact) mass is 378 g/mol. The summed E-state index contributed by atoms with van der Waals surface area (Å²) in [5.41, 5.74) is 1.98. The summed E-state index contributed by atoms with van der Waals surface area (Å²) in [6.07, 6.45) is 3.52. The Morgan fingerprint density at radius 1 is 1.00 bits per heavy atom. The van der Waals surface area contributed by atoms with Gasteiger partial charge in [-0.25, -0.2) is 4.98 Å². The van der Waals surface area contributed by atoms with Crippen LogP contribution in [0, 0.1) is 0 Å². The van der Waals surface area contributed by atoms with E-state index in [0.29, 0.717) is 30.8 Å². The van der Waals surface area contributed by atoms with Crippen LogP contribution in [0.25, 0.3) is 5.52 Å². The summed E-state index contributed by atoms with van der Waals surface area (Å²) >= 11 is 0. The zero-order valence-corrected chi connectivity index (χ0v) is 16.4. The van der Waals surface area contributed by atoms with Crippen molar-refractivity contribution in [2.24, 2.45) is 0 Å². The maximum Gasteiger partial charge on any atom is 0.287 e. The predicted molar refractivity (Wildman–Crippen MR) is 109 cm³/mol. The van der Waals surface area contributed by atoms with Crippen LogP contribution in [0.15, 0.2) is 54.7 Å². The highest BCUT2D eigenvalue weighted by molar-refractivity contribution is 6.02. The molecule has 0 spiro atoms. The first-order valence-corrected chi connectivity index (χ1v) is 9.74. The van der Waals surface area contributed by atoms with Gasteiger partial charge in [-0.15, -0.1) is 0 Å². The van der Waals surface area contributed by atoms with Crippen LogP contribution in [-0.4, -0.2) is 39.2 Å². The SMILES string of the molecule is CCCN(CCC)C(=O)c1nc(C(=O)NCc2ccccc2)n2ccccc12. The molecule has 0 aliphatic carbocycles. The van der Waals surface area contributed by atoms with Crippen molar-refractivity contribution in [1.82, 2.24) is 19.6 Å². The third kappa shape index (κ3) is 4.22. The number of hydrogen-bond acceptors (Lipinski definition) is 3. The lowest BCUT2D eigenvalue weighted by Crippen LogP contribution is -2.33. The summed E-state index contributed by atoms with van der Waals surface area (Å²) in [6, 6.07) is 15.2. The van der Waals surface area contributed by atoms with E-state index in [1.807, 2.05) is 62.4 Å². The fraction of sp³-hybridized carbons (Fsp3) is 0.318. The highest BCUT2D eigenvalue weighted by atomic mass is 16.2. The number of rotatable bonds is 8. The molecule has 0 aliphatic rings. The molecule has 28 heavy (non-hydrogen) atoms. The molecule has 0 aliphatic heterocycles. The van der Waals surface area contributed by atoms with Crippen LogP contribution in [0.4, 0.5) is 0 Å². The van der Waals surface area contributed by atoms with Crippen molar-refractivity contribution >= 4 is 17.3 Å². The van der Waals surface area contributed by atoms with Crippen molar-refractivity contribution in [3.8, 4) is 0 Å². The summed E-state index contributed by atoms with van der Waals surface area (Å²) in [4.78, 5) is 32.1. The van der Waals surface area contributed by atoms with Gasteiger partial charge in [0.15, 0.2) is 5.69 Å². The van der Waals surface area contributed by atoms with E-state index in [0.717, 1.165) is 18.4 Å². The number of carbonyl (C=O) groups excluding carboxylic acids is 2. The van der Waals surface area contributed by atoms with Gasteiger partial charge in [0.1, 0.15) is 0 Å². The molecule has 6 nitrogen and oxygen atoms in total. The van der Waals surface area contributed by atoms with E-state index in [4.69, 9.17) is 0 Å². The summed E-state index contributed by atoms with van der Waals surface area (Å²) in [5, 5.41) is 2.89. The van der Waals surface area contributed by atoms with Gasteiger partial charge in [-0.05, 0) is 30.5 Å². The number of pyridine rings is 1. The number of hydrogen-bond donors (Lipinski definition) is 1. The number of imidazole rings is 1. The fourth-order valence-electron chi connectivity index (χ4n) is 3.22. The van der Waals surface area contributed by atoms with Gasteiger partial charge in [-0.1, -0.05) is 50.2 Å². The van der Waals surface area contributed by atoms with E-state index in [-0.39, 0.29) is 17.6 Å². The van der Waals surface area contributed by atoms with E-state index in [1.165, 1.54) is 0 Å². The van der Waals surface area contributed by atoms with E-state index < -0.39 is 0 Å². The number of nitrogens with one attached hydrogen (secondary N) is 1. The van der Waals surface area contributed by atoms with Gasteiger partial charge < -0.3 is 10.2 Å². The van der Waals surface area contributed by atoms with Crippen molar-refractivity contribution < 1.29 is 9.59 Å². The maximum absolute atomic E-state index is 13.1. The van der Waals surface area contributed by atoms with Crippen LogP contribution in [0.5, 0.6) is 0 Å². The molecule has 0 unspecified atom stereocenters. The predicted octanol–water partition coefficient (Wildman–Crippen LogP) is 3.53. The Morgan fingerprint density at radius 2 is 1.68 bits per heavy atom. The average Bonchev–Trinajstić information content (AvgIpc) is 3.12. The summed E-state index contributed by atoms with van der Waals surface area (Å²) in [7, 11) is 0. The van der Waals surface area contributed by atoms with Gasteiger partial charge in [0.05, 0.1) is 5.52 Å². The van der Waals surface area contributed by atoms with E-state index in [2.05, 4.69) is 10.3 Å². The van der Waals surface area contributed by atoms with E-state index in [1.54, 1.807) is 15.5 Å². The molecule has 1 aromatic carbocycles. The van der Waals surface area contributed by atoms with Gasteiger partial charge in [0, 0.05) is 25.8 Å².